The molecule has 0 fully saturated rings. The predicted molar refractivity (Wildman–Crippen MR) is 68.9 cm³/mol. The topological polar surface area (TPSA) is 57.6 Å². The third-order valence-electron chi connectivity index (χ3n) is 2.63. The molecule has 0 saturated carbocycles. The standard InChI is InChI=1S/C14H19NO3/c1-12(17)7-8-14(18)15(9-10-16)11-13-5-3-2-4-6-13/h2-6,16H,7-11H2,1H3. The number of carbonyl (C=O) groups excluding carboxylic acids is 2. The monoisotopic (exact) mass is 249 g/mol. The third-order valence-corrected chi connectivity index (χ3v) is 2.63. The van der Waals surface area contributed by atoms with Crippen LogP contribution in [0, 0.1) is 0 Å². The highest BCUT2D eigenvalue weighted by Crippen LogP contribution is 2.07. The Bertz CT molecular complexity index is 389. The molecule has 4 nitrogen and oxygen atoms in total. The van der Waals surface area contributed by atoms with Gasteiger partial charge in [-0.2, -0.15) is 0 Å². The zero-order chi connectivity index (χ0) is 13.4. The molecule has 0 spiro atoms. The highest BCUT2D eigenvalue weighted by atomic mass is 16.3. The molecule has 1 rings (SSSR count). The summed E-state index contributed by atoms with van der Waals surface area (Å²) in [5.74, 6) is -0.0879. The largest absolute Gasteiger partial charge is 0.395 e. The van der Waals surface area contributed by atoms with Crippen LogP contribution in [0.5, 0.6) is 0 Å². The predicted octanol–water partition coefficient (Wildman–Crippen LogP) is 1.38. The highest BCUT2D eigenvalue weighted by molar-refractivity contribution is 5.83. The fourth-order valence-electron chi connectivity index (χ4n) is 1.66. The van der Waals surface area contributed by atoms with Gasteiger partial charge in [0.1, 0.15) is 5.78 Å². The maximum Gasteiger partial charge on any atom is 0.223 e. The molecule has 18 heavy (non-hydrogen) atoms. The van der Waals surface area contributed by atoms with Crippen LogP contribution in [0.4, 0.5) is 0 Å². The van der Waals surface area contributed by atoms with Gasteiger partial charge in [-0.1, -0.05) is 30.3 Å². The van der Waals surface area contributed by atoms with Gasteiger partial charge in [0.05, 0.1) is 6.61 Å². The van der Waals surface area contributed by atoms with E-state index in [0.29, 0.717) is 13.1 Å². The van der Waals surface area contributed by atoms with E-state index in [0.717, 1.165) is 5.56 Å². The van der Waals surface area contributed by atoms with Crippen LogP contribution in [0.15, 0.2) is 30.3 Å². The molecule has 0 aromatic heterocycles. The van der Waals surface area contributed by atoms with Crippen LogP contribution in [-0.4, -0.2) is 34.8 Å². The minimum atomic E-state index is -0.0943. The Morgan fingerprint density at radius 1 is 1.17 bits per heavy atom. The van der Waals surface area contributed by atoms with Crippen LogP contribution in [0.3, 0.4) is 0 Å². The van der Waals surface area contributed by atoms with Crippen molar-refractivity contribution in [2.75, 3.05) is 13.2 Å². The second-order valence-electron chi connectivity index (χ2n) is 4.23. The number of carbonyl (C=O) groups is 2. The molecule has 0 bridgehead atoms. The van der Waals surface area contributed by atoms with Gasteiger partial charge >= 0.3 is 0 Å². The first-order chi connectivity index (χ1) is 8.63. The molecule has 1 N–H and O–H groups in total. The Morgan fingerprint density at radius 2 is 1.83 bits per heavy atom. The van der Waals surface area contributed by atoms with E-state index in [2.05, 4.69) is 0 Å². The Morgan fingerprint density at radius 3 is 2.39 bits per heavy atom. The number of hydrogen-bond acceptors (Lipinski definition) is 3. The van der Waals surface area contributed by atoms with Crippen molar-refractivity contribution in [2.45, 2.75) is 26.3 Å². The smallest absolute Gasteiger partial charge is 0.223 e. The van der Waals surface area contributed by atoms with E-state index in [4.69, 9.17) is 5.11 Å². The molecule has 0 aliphatic rings. The van der Waals surface area contributed by atoms with Crippen molar-refractivity contribution in [3.63, 3.8) is 0 Å². The van der Waals surface area contributed by atoms with Gasteiger partial charge in [0.2, 0.25) is 5.91 Å². The SMILES string of the molecule is CC(=O)CCC(=O)N(CCO)Cc1ccccc1. The Kier molecular flexibility index (Phi) is 6.08. The lowest BCUT2D eigenvalue weighted by atomic mass is 10.2. The van der Waals surface area contributed by atoms with E-state index < -0.39 is 0 Å². The van der Waals surface area contributed by atoms with Crippen molar-refractivity contribution in [3.8, 4) is 0 Å². The zero-order valence-electron chi connectivity index (χ0n) is 10.6. The average Bonchev–Trinajstić information content (AvgIpc) is 2.36. The summed E-state index contributed by atoms with van der Waals surface area (Å²) in [6.45, 7) is 2.17. The Balaban J connectivity index is 2.58. The summed E-state index contributed by atoms with van der Waals surface area (Å²) in [5.41, 5.74) is 1.02. The molecule has 4 heteroatoms. The Labute approximate surface area is 107 Å². The van der Waals surface area contributed by atoms with Gasteiger partial charge in [-0.3, -0.25) is 4.79 Å². The number of nitrogens with zero attached hydrogens (tertiary/aromatic N) is 1. The quantitative estimate of drug-likeness (QED) is 0.794. The molecule has 0 aliphatic carbocycles. The number of Topliss-reactive ketones (excluding diaryl/α,β-unsaturated/α-hetero) is 1. The summed E-state index contributed by atoms with van der Waals surface area (Å²) in [6, 6.07) is 9.60. The molecular weight excluding hydrogens is 230 g/mol. The van der Waals surface area contributed by atoms with Gasteiger partial charge in [-0.05, 0) is 12.5 Å². The lowest BCUT2D eigenvalue weighted by Crippen LogP contribution is -2.33. The molecule has 0 saturated heterocycles. The molecule has 0 atom stereocenters. The van der Waals surface area contributed by atoms with Gasteiger partial charge < -0.3 is 14.8 Å². The molecule has 98 valence electrons. The number of ketones is 1. The fraction of sp³-hybridized carbons (Fsp3) is 0.429. The first-order valence-corrected chi connectivity index (χ1v) is 6.05. The first-order valence-electron chi connectivity index (χ1n) is 6.05. The third kappa shape index (κ3) is 5.10. The van der Waals surface area contributed by atoms with Crippen molar-refractivity contribution in [3.05, 3.63) is 35.9 Å². The summed E-state index contributed by atoms with van der Waals surface area (Å²) >= 11 is 0. The lowest BCUT2D eigenvalue weighted by Gasteiger charge is -2.21. The van der Waals surface area contributed by atoms with Gasteiger partial charge in [-0.15, -0.1) is 0 Å². The summed E-state index contributed by atoms with van der Waals surface area (Å²) in [6.07, 6.45) is 0.470. The minimum Gasteiger partial charge on any atom is -0.395 e. The van der Waals surface area contributed by atoms with Crippen LogP contribution in [-0.2, 0) is 16.1 Å². The van der Waals surface area contributed by atoms with Crippen molar-refractivity contribution < 1.29 is 14.7 Å². The van der Waals surface area contributed by atoms with E-state index in [-0.39, 0.29) is 31.1 Å². The molecule has 1 aromatic rings. The average molecular weight is 249 g/mol. The van der Waals surface area contributed by atoms with Gasteiger partial charge in [0.25, 0.3) is 0 Å². The second-order valence-corrected chi connectivity index (χ2v) is 4.23. The van der Waals surface area contributed by atoms with Crippen molar-refractivity contribution >= 4 is 11.7 Å². The van der Waals surface area contributed by atoms with E-state index in [1.807, 2.05) is 30.3 Å². The molecular formula is C14H19NO3. The number of aliphatic hydroxyl groups excluding tert-OH is 1. The molecule has 1 aromatic carbocycles. The van der Waals surface area contributed by atoms with Crippen molar-refractivity contribution in [1.82, 2.24) is 4.90 Å². The normalized spacial score (nSPS) is 10.1. The second kappa shape index (κ2) is 7.61. The number of aliphatic hydroxyl groups is 1. The van der Waals surface area contributed by atoms with Crippen molar-refractivity contribution in [2.24, 2.45) is 0 Å². The van der Waals surface area contributed by atoms with Crippen LogP contribution in [0.25, 0.3) is 0 Å². The number of hydrogen-bond donors (Lipinski definition) is 1. The maximum atomic E-state index is 11.9. The molecule has 1 amide bonds. The van der Waals surface area contributed by atoms with E-state index >= 15 is 0 Å². The highest BCUT2D eigenvalue weighted by Gasteiger charge is 2.13. The molecule has 0 aliphatic heterocycles. The molecule has 0 radical (unpaired) electrons. The lowest BCUT2D eigenvalue weighted by molar-refractivity contribution is -0.134. The summed E-state index contributed by atoms with van der Waals surface area (Å²) in [4.78, 5) is 24.4. The minimum absolute atomic E-state index is 0.00649. The zero-order valence-corrected chi connectivity index (χ0v) is 10.6. The number of benzene rings is 1. The first kappa shape index (κ1) is 14.4. The van der Waals surface area contributed by atoms with Crippen LogP contribution < -0.4 is 0 Å². The van der Waals surface area contributed by atoms with Crippen LogP contribution in [0.2, 0.25) is 0 Å². The van der Waals surface area contributed by atoms with Gasteiger partial charge in [0, 0.05) is 25.9 Å². The summed E-state index contributed by atoms with van der Waals surface area (Å²) < 4.78 is 0. The molecule has 0 heterocycles. The summed E-state index contributed by atoms with van der Waals surface area (Å²) in [5, 5.41) is 8.98. The van der Waals surface area contributed by atoms with Gasteiger partial charge in [-0.25, -0.2) is 0 Å². The van der Waals surface area contributed by atoms with E-state index in [1.54, 1.807) is 4.90 Å². The van der Waals surface area contributed by atoms with Gasteiger partial charge in [0.15, 0.2) is 0 Å². The van der Waals surface area contributed by atoms with E-state index in [9.17, 15) is 9.59 Å². The summed E-state index contributed by atoms with van der Waals surface area (Å²) in [7, 11) is 0. The van der Waals surface area contributed by atoms with Crippen molar-refractivity contribution in [1.29, 1.82) is 0 Å². The maximum absolute atomic E-state index is 11.9. The van der Waals surface area contributed by atoms with Crippen LogP contribution >= 0.6 is 0 Å². The fourth-order valence-corrected chi connectivity index (χ4v) is 1.66. The van der Waals surface area contributed by atoms with E-state index in [1.165, 1.54) is 6.92 Å². The number of rotatable bonds is 7. The Hall–Kier alpha value is -1.68. The number of amides is 1. The van der Waals surface area contributed by atoms with Crippen LogP contribution in [0.1, 0.15) is 25.3 Å². The molecule has 0 unspecified atom stereocenters.